The van der Waals surface area contributed by atoms with E-state index < -0.39 is 28.0 Å². The monoisotopic (exact) mass is 205 g/mol. The van der Waals surface area contributed by atoms with E-state index >= 15 is 0 Å². The summed E-state index contributed by atoms with van der Waals surface area (Å²) >= 11 is 0. The lowest BCUT2D eigenvalue weighted by atomic mass is 10.1. The third kappa shape index (κ3) is 1.93. The minimum Gasteiger partial charge on any atom is -0.698 e. The van der Waals surface area contributed by atoms with Gasteiger partial charge in [0.1, 0.15) is 0 Å². The number of nitrogens with one attached hydrogen (secondary N) is 1. The zero-order chi connectivity index (χ0) is 10.9. The highest BCUT2D eigenvalue weighted by Crippen LogP contribution is 2.37. The maximum Gasteiger partial charge on any atom is 0.415 e. The molecule has 0 bridgehead atoms. The maximum absolute atomic E-state index is 12.1. The second-order valence-corrected chi connectivity index (χ2v) is 2.48. The molecule has 1 N–H and O–H groups in total. The number of hydrogen-bond acceptors (Lipinski definition) is 2. The van der Waals surface area contributed by atoms with Crippen molar-refractivity contribution in [1.82, 2.24) is 0 Å². The Morgan fingerprint density at radius 1 is 1.36 bits per heavy atom. The second-order valence-electron chi connectivity index (χ2n) is 2.48. The van der Waals surface area contributed by atoms with Crippen LogP contribution in [0.4, 0.5) is 24.5 Å². The van der Waals surface area contributed by atoms with Crippen molar-refractivity contribution in [3.8, 4) is 0 Å². The summed E-state index contributed by atoms with van der Waals surface area (Å²) in [6.45, 7) is 0. The average Bonchev–Trinajstić information content (AvgIpc) is 2.02. The van der Waals surface area contributed by atoms with E-state index in [1.54, 1.807) is 0 Å². The Morgan fingerprint density at radius 2 is 1.93 bits per heavy atom. The quantitative estimate of drug-likeness (QED) is 0.521. The van der Waals surface area contributed by atoms with Gasteiger partial charge in [-0.2, -0.15) is 13.2 Å². The molecule has 7 heteroatoms. The predicted octanol–water partition coefficient (Wildman–Crippen LogP) is 3.30. The van der Waals surface area contributed by atoms with Crippen molar-refractivity contribution in [2.75, 3.05) is 0 Å². The highest BCUT2D eigenvalue weighted by atomic mass is 19.4. The number of rotatable bonds is 1. The standard InChI is InChI=1S/C7H4F3N2O2/c8-7(9,10)5-3-4(12(13)14)1-2-6(5)11/h1-3,11H/q-1. The first-order valence-electron chi connectivity index (χ1n) is 3.39. The zero-order valence-corrected chi connectivity index (χ0v) is 6.63. The zero-order valence-electron chi connectivity index (χ0n) is 6.63. The van der Waals surface area contributed by atoms with Crippen molar-refractivity contribution >= 4 is 11.4 Å². The van der Waals surface area contributed by atoms with Gasteiger partial charge >= 0.3 is 6.18 Å². The first kappa shape index (κ1) is 10.3. The second kappa shape index (κ2) is 3.17. The Morgan fingerprint density at radius 3 is 2.36 bits per heavy atom. The van der Waals surface area contributed by atoms with Crippen LogP contribution in [0.2, 0.25) is 0 Å². The summed E-state index contributed by atoms with van der Waals surface area (Å²) < 4.78 is 36.4. The first-order valence-corrected chi connectivity index (χ1v) is 3.39. The SMILES string of the molecule is [NH-]c1ccc([N+](=O)[O-])cc1C(F)(F)F. The largest absolute Gasteiger partial charge is 0.698 e. The van der Waals surface area contributed by atoms with E-state index in [0.717, 1.165) is 12.1 Å². The van der Waals surface area contributed by atoms with E-state index in [9.17, 15) is 23.3 Å². The molecular formula is C7H4F3N2O2-. The summed E-state index contributed by atoms with van der Waals surface area (Å²) in [6, 6.07) is 1.96. The number of hydrogen-bond donors (Lipinski definition) is 0. The number of nitro benzene ring substituents is 1. The van der Waals surface area contributed by atoms with Gasteiger partial charge in [0.15, 0.2) is 0 Å². The molecule has 1 rings (SSSR count). The molecule has 0 saturated carbocycles. The Kier molecular flexibility index (Phi) is 2.33. The molecular weight excluding hydrogens is 201 g/mol. The number of nitro groups is 1. The van der Waals surface area contributed by atoms with Crippen LogP contribution < -0.4 is 0 Å². The number of non-ortho nitro benzene ring substituents is 1. The van der Waals surface area contributed by atoms with Crippen LogP contribution in [0.3, 0.4) is 0 Å². The molecule has 0 atom stereocenters. The normalized spacial score (nSPS) is 11.4. The summed E-state index contributed by atoms with van der Waals surface area (Å²) in [7, 11) is 0. The van der Waals surface area contributed by atoms with Gasteiger partial charge in [-0.05, 0) is 0 Å². The Hall–Kier alpha value is -1.79. The van der Waals surface area contributed by atoms with E-state index in [1.807, 2.05) is 0 Å². The van der Waals surface area contributed by atoms with Crippen molar-refractivity contribution in [2.45, 2.75) is 6.18 Å². The molecule has 0 amide bonds. The Labute approximate surface area is 76.3 Å². The maximum atomic E-state index is 12.1. The highest BCUT2D eigenvalue weighted by molar-refractivity contribution is 5.56. The minimum absolute atomic E-state index is 0.350. The third-order valence-electron chi connectivity index (χ3n) is 1.52. The van der Waals surface area contributed by atoms with Crippen LogP contribution >= 0.6 is 0 Å². The molecule has 0 fully saturated rings. The number of halogens is 3. The lowest BCUT2D eigenvalue weighted by Gasteiger charge is -2.13. The van der Waals surface area contributed by atoms with Crippen molar-refractivity contribution < 1.29 is 18.1 Å². The number of nitrogens with zero attached hydrogens (tertiary/aromatic N) is 1. The molecule has 0 radical (unpaired) electrons. The third-order valence-corrected chi connectivity index (χ3v) is 1.52. The predicted molar refractivity (Wildman–Crippen MR) is 42.1 cm³/mol. The molecule has 1 aromatic rings. The molecule has 0 aromatic heterocycles. The van der Waals surface area contributed by atoms with Gasteiger partial charge in [0.05, 0.1) is 4.92 Å². The van der Waals surface area contributed by atoms with Crippen molar-refractivity contribution in [2.24, 2.45) is 0 Å². The van der Waals surface area contributed by atoms with E-state index in [2.05, 4.69) is 0 Å². The van der Waals surface area contributed by atoms with Crippen LogP contribution in [0.1, 0.15) is 5.56 Å². The lowest BCUT2D eigenvalue weighted by molar-refractivity contribution is -0.385. The minimum atomic E-state index is -4.73. The fraction of sp³-hybridized carbons (Fsp3) is 0.143. The molecule has 0 aliphatic rings. The lowest BCUT2D eigenvalue weighted by Crippen LogP contribution is -2.05. The molecule has 0 unspecified atom stereocenters. The number of alkyl halides is 3. The first-order chi connectivity index (χ1) is 6.32. The highest BCUT2D eigenvalue weighted by Gasteiger charge is 2.32. The van der Waals surface area contributed by atoms with Crippen LogP contribution in [0.25, 0.3) is 5.73 Å². The van der Waals surface area contributed by atoms with E-state index in [-0.39, 0.29) is 0 Å². The van der Waals surface area contributed by atoms with E-state index in [4.69, 9.17) is 5.73 Å². The van der Waals surface area contributed by atoms with Crippen LogP contribution in [0, 0.1) is 10.1 Å². The van der Waals surface area contributed by atoms with Gasteiger partial charge in [0, 0.05) is 17.7 Å². The molecule has 0 spiro atoms. The number of benzene rings is 1. The molecule has 1 aromatic carbocycles. The van der Waals surface area contributed by atoms with Gasteiger partial charge in [-0.25, -0.2) is 0 Å². The summed E-state index contributed by atoms with van der Waals surface area (Å²) in [5.41, 5.74) is 4.17. The van der Waals surface area contributed by atoms with Gasteiger partial charge in [-0.1, -0.05) is 6.07 Å². The average molecular weight is 205 g/mol. The van der Waals surface area contributed by atoms with Crippen molar-refractivity contribution in [3.05, 3.63) is 39.6 Å². The molecule has 0 aliphatic carbocycles. The van der Waals surface area contributed by atoms with Crippen LogP contribution in [0.15, 0.2) is 18.2 Å². The molecule has 14 heavy (non-hydrogen) atoms. The van der Waals surface area contributed by atoms with Gasteiger partial charge in [-0.3, -0.25) is 10.1 Å². The summed E-state index contributed by atoms with van der Waals surface area (Å²) in [6.07, 6.45) is -4.73. The van der Waals surface area contributed by atoms with Gasteiger partial charge < -0.3 is 5.73 Å². The fourth-order valence-electron chi connectivity index (χ4n) is 0.880. The topological polar surface area (TPSA) is 66.9 Å². The summed E-state index contributed by atoms with van der Waals surface area (Å²) in [4.78, 5) is 9.23. The summed E-state index contributed by atoms with van der Waals surface area (Å²) in [5.74, 6) is 0. The van der Waals surface area contributed by atoms with Crippen molar-refractivity contribution in [3.63, 3.8) is 0 Å². The summed E-state index contributed by atoms with van der Waals surface area (Å²) in [5, 5.41) is 10.2. The van der Waals surface area contributed by atoms with Gasteiger partial charge in [-0.15, -0.1) is 5.69 Å². The van der Waals surface area contributed by atoms with E-state index in [1.165, 1.54) is 0 Å². The Balaban J connectivity index is 3.29. The van der Waals surface area contributed by atoms with Gasteiger partial charge in [0.25, 0.3) is 5.69 Å². The molecule has 0 aliphatic heterocycles. The van der Waals surface area contributed by atoms with Crippen molar-refractivity contribution in [1.29, 1.82) is 0 Å². The smallest absolute Gasteiger partial charge is 0.415 e. The molecule has 0 heterocycles. The van der Waals surface area contributed by atoms with E-state index in [0.29, 0.717) is 6.07 Å². The Bertz CT molecular complexity index is 376. The van der Waals surface area contributed by atoms with Gasteiger partial charge in [0.2, 0.25) is 0 Å². The molecule has 76 valence electrons. The molecule has 4 nitrogen and oxygen atoms in total. The van der Waals surface area contributed by atoms with Crippen LogP contribution in [-0.4, -0.2) is 4.92 Å². The van der Waals surface area contributed by atoms with Crippen LogP contribution in [-0.2, 0) is 6.18 Å². The molecule has 0 saturated heterocycles. The fourth-order valence-corrected chi connectivity index (χ4v) is 0.880. The van der Waals surface area contributed by atoms with Crippen LogP contribution in [0.5, 0.6) is 0 Å².